The lowest BCUT2D eigenvalue weighted by Gasteiger charge is -2.17. The molecule has 0 atom stereocenters. The van der Waals surface area contributed by atoms with Crippen molar-refractivity contribution in [3.05, 3.63) is 12.7 Å². The Morgan fingerprint density at radius 3 is 2.85 bits per heavy atom. The van der Waals surface area contributed by atoms with Gasteiger partial charge < -0.3 is 9.84 Å². The fraction of sp³-hybridized carbons (Fsp3) is 0.667. The van der Waals surface area contributed by atoms with Crippen LogP contribution in [0.3, 0.4) is 0 Å². The molecule has 0 saturated carbocycles. The van der Waals surface area contributed by atoms with Crippen LogP contribution in [0.4, 0.5) is 0 Å². The van der Waals surface area contributed by atoms with Crippen LogP contribution >= 0.6 is 0 Å². The molecule has 76 valence electrons. The van der Waals surface area contributed by atoms with Gasteiger partial charge in [0, 0.05) is 13.1 Å². The minimum Gasteiger partial charge on any atom is -0.465 e. The number of esters is 1. The zero-order valence-corrected chi connectivity index (χ0v) is 8.03. The minimum absolute atomic E-state index is 0.0350. The number of carbonyl (C=O) groups is 1. The Kier molecular flexibility index (Phi) is 7.24. The first-order chi connectivity index (χ1) is 6.24. The van der Waals surface area contributed by atoms with Crippen molar-refractivity contribution in [3.8, 4) is 0 Å². The quantitative estimate of drug-likeness (QED) is 0.451. The smallest absolute Gasteiger partial charge is 0.320 e. The largest absolute Gasteiger partial charge is 0.465 e. The number of aliphatic hydroxyl groups is 1. The Morgan fingerprint density at radius 1 is 1.69 bits per heavy atom. The second-order valence-corrected chi connectivity index (χ2v) is 2.55. The Hall–Kier alpha value is -0.870. The molecule has 13 heavy (non-hydrogen) atoms. The molecule has 0 spiro atoms. The summed E-state index contributed by atoms with van der Waals surface area (Å²) >= 11 is 0. The van der Waals surface area contributed by atoms with Crippen molar-refractivity contribution in [3.63, 3.8) is 0 Å². The summed E-state index contributed by atoms with van der Waals surface area (Å²) in [6.07, 6.45) is 1.69. The number of aliphatic hydroxyl groups excluding tert-OH is 1. The van der Waals surface area contributed by atoms with Crippen LogP contribution < -0.4 is 0 Å². The molecular formula is C9H17NO3. The van der Waals surface area contributed by atoms with E-state index in [1.807, 2.05) is 0 Å². The fourth-order valence-electron chi connectivity index (χ4n) is 0.948. The van der Waals surface area contributed by atoms with Gasteiger partial charge in [0.2, 0.25) is 0 Å². The van der Waals surface area contributed by atoms with Crippen molar-refractivity contribution < 1.29 is 14.6 Å². The maximum Gasteiger partial charge on any atom is 0.320 e. The highest BCUT2D eigenvalue weighted by Crippen LogP contribution is 1.90. The molecule has 4 nitrogen and oxygen atoms in total. The summed E-state index contributed by atoms with van der Waals surface area (Å²) in [4.78, 5) is 12.8. The highest BCUT2D eigenvalue weighted by molar-refractivity contribution is 5.71. The van der Waals surface area contributed by atoms with Crippen LogP contribution in [0.5, 0.6) is 0 Å². The second-order valence-electron chi connectivity index (χ2n) is 2.55. The van der Waals surface area contributed by atoms with Crippen LogP contribution in [0.15, 0.2) is 12.7 Å². The number of carbonyl (C=O) groups excluding carboxylic acids is 1. The Bertz CT molecular complexity index is 159. The molecule has 0 aromatic heterocycles. The highest BCUT2D eigenvalue weighted by atomic mass is 16.5. The summed E-state index contributed by atoms with van der Waals surface area (Å²) in [5.74, 6) is -0.266. The van der Waals surface area contributed by atoms with E-state index in [4.69, 9.17) is 9.84 Å². The van der Waals surface area contributed by atoms with Gasteiger partial charge in [-0.3, -0.25) is 9.69 Å². The lowest BCUT2D eigenvalue weighted by atomic mass is 10.4. The van der Waals surface area contributed by atoms with Gasteiger partial charge in [-0.15, -0.1) is 6.58 Å². The third-order valence-electron chi connectivity index (χ3n) is 1.46. The highest BCUT2D eigenvalue weighted by Gasteiger charge is 2.08. The summed E-state index contributed by atoms with van der Waals surface area (Å²) in [5.41, 5.74) is 0. The number of ether oxygens (including phenoxy) is 1. The van der Waals surface area contributed by atoms with Crippen molar-refractivity contribution >= 4 is 5.97 Å². The second kappa shape index (κ2) is 7.76. The van der Waals surface area contributed by atoms with Gasteiger partial charge in [-0.2, -0.15) is 0 Å². The molecule has 0 unspecified atom stereocenters. The molecule has 0 bridgehead atoms. The van der Waals surface area contributed by atoms with E-state index < -0.39 is 0 Å². The van der Waals surface area contributed by atoms with Crippen LogP contribution in [-0.2, 0) is 9.53 Å². The normalized spacial score (nSPS) is 10.1. The monoisotopic (exact) mass is 187 g/mol. The van der Waals surface area contributed by atoms with Crippen molar-refractivity contribution in [2.24, 2.45) is 0 Å². The van der Waals surface area contributed by atoms with E-state index in [1.54, 1.807) is 17.9 Å². The zero-order chi connectivity index (χ0) is 10.1. The van der Waals surface area contributed by atoms with Gasteiger partial charge in [0.05, 0.1) is 19.8 Å². The molecule has 0 aliphatic heterocycles. The Morgan fingerprint density at radius 2 is 2.38 bits per heavy atom. The predicted molar refractivity (Wildman–Crippen MR) is 50.4 cm³/mol. The lowest BCUT2D eigenvalue weighted by molar-refractivity contribution is -0.144. The summed E-state index contributed by atoms with van der Waals surface area (Å²) in [6.45, 7) is 7.00. The molecule has 0 radical (unpaired) electrons. The van der Waals surface area contributed by atoms with E-state index in [-0.39, 0.29) is 19.1 Å². The molecule has 0 aromatic carbocycles. The lowest BCUT2D eigenvalue weighted by Crippen LogP contribution is -2.33. The number of nitrogens with zero attached hydrogens (tertiary/aromatic N) is 1. The number of hydrogen-bond acceptors (Lipinski definition) is 4. The summed E-state index contributed by atoms with van der Waals surface area (Å²) < 4.78 is 4.77. The molecule has 0 fully saturated rings. The van der Waals surface area contributed by atoms with E-state index in [1.165, 1.54) is 0 Å². The fourth-order valence-corrected chi connectivity index (χ4v) is 0.948. The van der Waals surface area contributed by atoms with E-state index >= 15 is 0 Å². The molecule has 4 heteroatoms. The van der Waals surface area contributed by atoms with Gasteiger partial charge in [-0.05, 0) is 6.92 Å². The molecule has 0 rings (SSSR count). The first kappa shape index (κ1) is 12.1. The van der Waals surface area contributed by atoms with E-state index in [0.717, 1.165) is 0 Å². The van der Waals surface area contributed by atoms with Gasteiger partial charge in [-0.25, -0.2) is 0 Å². The van der Waals surface area contributed by atoms with E-state index in [9.17, 15) is 4.79 Å². The molecule has 1 N–H and O–H groups in total. The molecule has 0 aliphatic carbocycles. The Balaban J connectivity index is 3.78. The predicted octanol–water partition coefficient (Wildman–Crippen LogP) is 0.0298. The Labute approximate surface area is 78.8 Å². The van der Waals surface area contributed by atoms with Crippen LogP contribution in [0.25, 0.3) is 0 Å². The van der Waals surface area contributed by atoms with Crippen molar-refractivity contribution in [2.45, 2.75) is 6.92 Å². The molecule has 0 saturated heterocycles. The average Bonchev–Trinajstić information content (AvgIpc) is 2.05. The first-order valence-electron chi connectivity index (χ1n) is 4.34. The topological polar surface area (TPSA) is 49.8 Å². The van der Waals surface area contributed by atoms with Crippen LogP contribution in [0, 0.1) is 0 Å². The number of hydrogen-bond donors (Lipinski definition) is 1. The van der Waals surface area contributed by atoms with Gasteiger partial charge in [-0.1, -0.05) is 6.08 Å². The van der Waals surface area contributed by atoms with Crippen LogP contribution in [0.1, 0.15) is 6.92 Å². The minimum atomic E-state index is -0.266. The molecule has 0 aromatic rings. The van der Waals surface area contributed by atoms with Crippen LogP contribution in [-0.4, -0.2) is 48.8 Å². The first-order valence-corrected chi connectivity index (χ1v) is 4.34. The summed E-state index contributed by atoms with van der Waals surface area (Å²) in [7, 11) is 0. The molecular weight excluding hydrogens is 170 g/mol. The van der Waals surface area contributed by atoms with E-state index in [0.29, 0.717) is 19.7 Å². The maximum absolute atomic E-state index is 11.0. The zero-order valence-electron chi connectivity index (χ0n) is 8.03. The van der Waals surface area contributed by atoms with Gasteiger partial charge in [0.1, 0.15) is 0 Å². The maximum atomic E-state index is 11.0. The molecule has 0 heterocycles. The molecule has 0 aliphatic rings. The van der Waals surface area contributed by atoms with Crippen molar-refractivity contribution in [2.75, 3.05) is 32.8 Å². The average molecular weight is 187 g/mol. The van der Waals surface area contributed by atoms with Gasteiger partial charge in [0.15, 0.2) is 0 Å². The van der Waals surface area contributed by atoms with E-state index in [2.05, 4.69) is 6.58 Å². The van der Waals surface area contributed by atoms with Gasteiger partial charge >= 0.3 is 5.97 Å². The third-order valence-corrected chi connectivity index (χ3v) is 1.46. The van der Waals surface area contributed by atoms with Crippen LogP contribution in [0.2, 0.25) is 0 Å². The molecule has 0 amide bonds. The van der Waals surface area contributed by atoms with Crippen molar-refractivity contribution in [1.29, 1.82) is 0 Å². The third kappa shape index (κ3) is 6.31. The standard InChI is InChI=1S/C9H17NO3/c1-3-5-10(6-7-11)8-9(12)13-4-2/h3,11H,1,4-8H2,2H3. The summed E-state index contributed by atoms with van der Waals surface area (Å²) in [6, 6.07) is 0. The SMILES string of the molecule is C=CCN(CCO)CC(=O)OCC. The number of rotatable bonds is 7. The van der Waals surface area contributed by atoms with Crippen molar-refractivity contribution in [1.82, 2.24) is 4.90 Å². The van der Waals surface area contributed by atoms with Gasteiger partial charge in [0.25, 0.3) is 0 Å². The summed E-state index contributed by atoms with van der Waals surface area (Å²) in [5, 5.41) is 8.68.